The number of aliphatic carboxylic acids is 1. The molecule has 17 heavy (non-hydrogen) atoms. The molecule has 0 fully saturated rings. The topological polar surface area (TPSA) is 101 Å². The molecule has 1 aromatic rings. The Labute approximate surface area is 99.2 Å². The summed E-state index contributed by atoms with van der Waals surface area (Å²) >= 11 is 0. The van der Waals surface area contributed by atoms with Gasteiger partial charge < -0.3 is 10.4 Å². The summed E-state index contributed by atoms with van der Waals surface area (Å²) in [5.41, 5.74) is 0.634. The summed E-state index contributed by atoms with van der Waals surface area (Å²) < 4.78 is 21.6. The van der Waals surface area contributed by atoms with Crippen molar-refractivity contribution in [3.8, 4) is 0 Å². The van der Waals surface area contributed by atoms with Crippen LogP contribution in [0.15, 0.2) is 24.3 Å². The molecule has 0 aliphatic carbocycles. The van der Waals surface area contributed by atoms with E-state index in [1.54, 1.807) is 0 Å². The smallest absolute Gasteiger partial charge is 0.326 e. The van der Waals surface area contributed by atoms with Gasteiger partial charge in [0.25, 0.3) is 0 Å². The van der Waals surface area contributed by atoms with E-state index in [9.17, 15) is 18.0 Å². The molecule has 1 rings (SSSR count). The number of anilines is 1. The molecule has 0 aromatic heterocycles. The van der Waals surface area contributed by atoms with Gasteiger partial charge in [0.15, 0.2) is 16.0 Å². The van der Waals surface area contributed by atoms with Gasteiger partial charge in [0.2, 0.25) is 5.91 Å². The lowest BCUT2D eigenvalue weighted by Gasteiger charge is -2.07. The standard InChI is InChI=1S/C10H11NO5S/c1-6(12)11-8-4-2-7(3-5-8)9(10(13)14)17(15)16/h2-5,9,17H,1H3,(H,11,12)(H,13,14). The van der Waals surface area contributed by atoms with Gasteiger partial charge >= 0.3 is 5.97 Å². The number of carbonyl (C=O) groups excluding carboxylic acids is 1. The molecule has 7 heteroatoms. The second-order valence-electron chi connectivity index (χ2n) is 3.33. The van der Waals surface area contributed by atoms with E-state index in [4.69, 9.17) is 5.11 Å². The predicted molar refractivity (Wildman–Crippen MR) is 61.4 cm³/mol. The van der Waals surface area contributed by atoms with Crippen molar-refractivity contribution < 1.29 is 23.1 Å². The summed E-state index contributed by atoms with van der Waals surface area (Å²) in [6, 6.07) is 5.61. The SMILES string of the molecule is CC(=O)Nc1ccc(C(C(=O)O)[SH](=O)=O)cc1. The van der Waals surface area contributed by atoms with Gasteiger partial charge in [-0.1, -0.05) is 12.1 Å². The van der Waals surface area contributed by atoms with Crippen molar-refractivity contribution in [1.29, 1.82) is 0 Å². The van der Waals surface area contributed by atoms with E-state index in [2.05, 4.69) is 5.32 Å². The molecule has 1 unspecified atom stereocenters. The first-order valence-electron chi connectivity index (χ1n) is 4.65. The van der Waals surface area contributed by atoms with Crippen LogP contribution < -0.4 is 5.32 Å². The van der Waals surface area contributed by atoms with Crippen LogP contribution in [0.1, 0.15) is 17.7 Å². The van der Waals surface area contributed by atoms with Gasteiger partial charge in [-0.3, -0.25) is 9.59 Å². The molecule has 0 radical (unpaired) electrons. The van der Waals surface area contributed by atoms with Crippen LogP contribution in [0.3, 0.4) is 0 Å². The lowest BCUT2D eigenvalue weighted by molar-refractivity contribution is -0.136. The molecule has 0 aliphatic rings. The number of thiol groups is 1. The molecular formula is C10H11NO5S. The Morgan fingerprint density at radius 2 is 1.76 bits per heavy atom. The first kappa shape index (κ1) is 13.2. The van der Waals surface area contributed by atoms with Crippen molar-refractivity contribution in [3.63, 3.8) is 0 Å². The van der Waals surface area contributed by atoms with Crippen LogP contribution >= 0.6 is 0 Å². The highest BCUT2D eigenvalue weighted by Gasteiger charge is 2.22. The molecule has 1 atom stereocenters. The third-order valence-electron chi connectivity index (χ3n) is 1.99. The lowest BCUT2D eigenvalue weighted by atomic mass is 10.1. The fourth-order valence-electron chi connectivity index (χ4n) is 1.31. The number of carboxylic acid groups (broad SMARTS) is 1. The Balaban J connectivity index is 3.00. The largest absolute Gasteiger partial charge is 0.480 e. The fraction of sp³-hybridized carbons (Fsp3) is 0.200. The molecule has 0 heterocycles. The third kappa shape index (κ3) is 3.56. The lowest BCUT2D eigenvalue weighted by Crippen LogP contribution is -2.13. The second-order valence-corrected chi connectivity index (χ2v) is 4.42. The van der Waals surface area contributed by atoms with Crippen molar-refractivity contribution in [2.24, 2.45) is 0 Å². The maximum Gasteiger partial charge on any atom is 0.326 e. The van der Waals surface area contributed by atoms with E-state index in [0.717, 1.165) is 0 Å². The Morgan fingerprint density at radius 3 is 2.12 bits per heavy atom. The number of carbonyl (C=O) groups is 2. The van der Waals surface area contributed by atoms with E-state index < -0.39 is 21.9 Å². The second kappa shape index (κ2) is 5.44. The third-order valence-corrected chi connectivity index (χ3v) is 2.93. The van der Waals surface area contributed by atoms with Crippen LogP contribution in [-0.4, -0.2) is 25.4 Å². The van der Waals surface area contributed by atoms with Gasteiger partial charge in [0.1, 0.15) is 0 Å². The van der Waals surface area contributed by atoms with Gasteiger partial charge in [0.05, 0.1) is 0 Å². The zero-order valence-corrected chi connectivity index (χ0v) is 9.81. The maximum absolute atomic E-state index is 10.8. The molecule has 0 bridgehead atoms. The minimum atomic E-state index is -3.09. The molecular weight excluding hydrogens is 246 g/mol. The maximum atomic E-state index is 10.8. The van der Waals surface area contributed by atoms with Crippen LogP contribution in [0.25, 0.3) is 0 Å². The monoisotopic (exact) mass is 257 g/mol. The number of benzene rings is 1. The Morgan fingerprint density at radius 1 is 1.24 bits per heavy atom. The van der Waals surface area contributed by atoms with Gasteiger partial charge in [-0.05, 0) is 17.7 Å². The summed E-state index contributed by atoms with van der Waals surface area (Å²) in [5, 5.41) is 9.69. The number of carboxylic acids is 1. The van der Waals surface area contributed by atoms with E-state index in [-0.39, 0.29) is 11.5 Å². The number of hydrogen-bond donors (Lipinski definition) is 3. The van der Waals surface area contributed by atoms with Crippen LogP contribution in [0.2, 0.25) is 0 Å². The summed E-state index contributed by atoms with van der Waals surface area (Å²) in [4.78, 5) is 21.5. The summed E-state index contributed by atoms with van der Waals surface area (Å²) in [6.07, 6.45) is 0. The average Bonchev–Trinajstić information content (AvgIpc) is 2.18. The van der Waals surface area contributed by atoms with Gasteiger partial charge in [0, 0.05) is 12.6 Å². The van der Waals surface area contributed by atoms with Crippen LogP contribution in [0, 0.1) is 0 Å². The molecule has 0 saturated heterocycles. The summed E-state index contributed by atoms with van der Waals surface area (Å²) in [7, 11) is -3.09. The number of rotatable bonds is 4. The number of amides is 1. The first-order valence-corrected chi connectivity index (χ1v) is 5.90. The normalized spacial score (nSPS) is 12.1. The van der Waals surface area contributed by atoms with Crippen LogP contribution in [0.4, 0.5) is 5.69 Å². The van der Waals surface area contributed by atoms with Crippen molar-refractivity contribution >= 4 is 28.3 Å². The quantitative estimate of drug-likeness (QED) is 0.677. The molecule has 1 aromatic carbocycles. The Kier molecular flexibility index (Phi) is 4.22. The van der Waals surface area contributed by atoms with Crippen LogP contribution in [-0.2, 0) is 20.3 Å². The fourth-order valence-corrected chi connectivity index (χ4v) is 1.90. The van der Waals surface area contributed by atoms with E-state index in [1.807, 2.05) is 0 Å². The van der Waals surface area contributed by atoms with Crippen LogP contribution in [0.5, 0.6) is 0 Å². The molecule has 0 aliphatic heterocycles. The van der Waals surface area contributed by atoms with Crippen molar-refractivity contribution in [2.75, 3.05) is 5.32 Å². The average molecular weight is 257 g/mol. The molecule has 92 valence electrons. The van der Waals surface area contributed by atoms with Crippen molar-refractivity contribution in [1.82, 2.24) is 0 Å². The highest BCUT2D eigenvalue weighted by molar-refractivity contribution is 7.73. The Hall–Kier alpha value is -1.89. The molecule has 2 N–H and O–H groups in total. The van der Waals surface area contributed by atoms with Gasteiger partial charge in [-0.15, -0.1) is 0 Å². The van der Waals surface area contributed by atoms with Crippen molar-refractivity contribution in [3.05, 3.63) is 29.8 Å². The predicted octanol–water partition coefficient (Wildman–Crippen LogP) is 0.382. The molecule has 0 spiro atoms. The van der Waals surface area contributed by atoms with Crippen molar-refractivity contribution in [2.45, 2.75) is 12.2 Å². The molecule has 1 amide bonds. The van der Waals surface area contributed by atoms with E-state index in [1.165, 1.54) is 31.2 Å². The number of hydrogen-bond acceptors (Lipinski definition) is 4. The summed E-state index contributed by atoms with van der Waals surface area (Å²) in [5.74, 6) is -1.68. The van der Waals surface area contributed by atoms with E-state index >= 15 is 0 Å². The molecule has 0 saturated carbocycles. The van der Waals surface area contributed by atoms with E-state index in [0.29, 0.717) is 5.69 Å². The zero-order valence-electron chi connectivity index (χ0n) is 8.91. The number of nitrogens with one attached hydrogen (secondary N) is 1. The summed E-state index contributed by atoms with van der Waals surface area (Å²) in [6.45, 7) is 1.34. The first-order chi connectivity index (χ1) is 7.91. The highest BCUT2D eigenvalue weighted by atomic mass is 32.2. The van der Waals surface area contributed by atoms with Gasteiger partial charge in [-0.2, -0.15) is 0 Å². The van der Waals surface area contributed by atoms with Gasteiger partial charge in [-0.25, -0.2) is 8.42 Å². The zero-order chi connectivity index (χ0) is 13.0. The molecule has 6 nitrogen and oxygen atoms in total. The minimum absolute atomic E-state index is 0.155. The minimum Gasteiger partial charge on any atom is -0.480 e. The Bertz CT molecular complexity index is 498. The highest BCUT2D eigenvalue weighted by Crippen LogP contribution is 2.19.